The van der Waals surface area contributed by atoms with Crippen LogP contribution in [0, 0.1) is 0 Å². The van der Waals surface area contributed by atoms with Crippen molar-refractivity contribution < 1.29 is 14.7 Å². The van der Waals surface area contributed by atoms with Crippen LogP contribution >= 0.6 is 0 Å². The molecule has 1 rings (SSSR count). The van der Waals surface area contributed by atoms with E-state index in [1.165, 1.54) is 0 Å². The molecule has 0 aromatic heterocycles. The maximum atomic E-state index is 11.9. The highest BCUT2D eigenvalue weighted by Crippen LogP contribution is 2.09. The van der Waals surface area contributed by atoms with Crippen LogP contribution in [-0.2, 0) is 16.0 Å². The third kappa shape index (κ3) is 5.52. The Morgan fingerprint density at radius 1 is 1.32 bits per heavy atom. The van der Waals surface area contributed by atoms with Crippen molar-refractivity contribution in [2.45, 2.75) is 38.3 Å². The fourth-order valence-electron chi connectivity index (χ4n) is 1.81. The molecule has 0 aliphatic heterocycles. The molecule has 4 N–H and O–H groups in total. The fraction of sp³-hybridized carbons (Fsp3) is 0.429. The van der Waals surface area contributed by atoms with E-state index in [0.717, 1.165) is 5.56 Å². The molecule has 0 spiro atoms. The minimum Gasteiger partial charge on any atom is -0.481 e. The third-order valence-electron chi connectivity index (χ3n) is 2.69. The number of aliphatic carboxylic acids is 1. The Morgan fingerprint density at radius 3 is 2.42 bits per heavy atom. The predicted octanol–water partition coefficient (Wildman–Crippen LogP) is 0.926. The van der Waals surface area contributed by atoms with Gasteiger partial charge in [0.1, 0.15) is 0 Å². The maximum absolute atomic E-state index is 11.9. The maximum Gasteiger partial charge on any atom is 0.305 e. The first-order valence-corrected chi connectivity index (χ1v) is 6.13. The van der Waals surface area contributed by atoms with E-state index in [1.54, 1.807) is 13.8 Å². The van der Waals surface area contributed by atoms with Crippen molar-refractivity contribution in [2.75, 3.05) is 0 Å². The Bertz CT molecular complexity index is 443. The molecule has 0 saturated heterocycles. The van der Waals surface area contributed by atoms with E-state index in [2.05, 4.69) is 5.32 Å². The number of hydrogen-bond donors (Lipinski definition) is 3. The smallest absolute Gasteiger partial charge is 0.305 e. The second kappa shape index (κ2) is 6.33. The number of benzene rings is 1. The Labute approximate surface area is 112 Å². The molecular formula is C14H20N2O3. The molecule has 19 heavy (non-hydrogen) atoms. The van der Waals surface area contributed by atoms with Gasteiger partial charge in [-0.2, -0.15) is 0 Å². The van der Waals surface area contributed by atoms with E-state index >= 15 is 0 Å². The van der Waals surface area contributed by atoms with Crippen LogP contribution in [0.25, 0.3) is 0 Å². The fourth-order valence-corrected chi connectivity index (χ4v) is 1.81. The normalized spacial score (nSPS) is 12.8. The average molecular weight is 264 g/mol. The van der Waals surface area contributed by atoms with E-state index in [1.807, 2.05) is 30.3 Å². The molecule has 5 heteroatoms. The molecule has 0 fully saturated rings. The SMILES string of the molecule is CC(C)(CC(=O)O)NC(=O)[C@@H](N)Cc1ccccc1. The molecular weight excluding hydrogens is 244 g/mol. The van der Waals surface area contributed by atoms with Gasteiger partial charge in [0.2, 0.25) is 5.91 Å². The van der Waals surface area contributed by atoms with Gasteiger partial charge in [-0.05, 0) is 25.8 Å². The highest BCUT2D eigenvalue weighted by Gasteiger charge is 2.26. The monoisotopic (exact) mass is 264 g/mol. The minimum atomic E-state index is -0.957. The van der Waals surface area contributed by atoms with Gasteiger partial charge in [-0.25, -0.2) is 0 Å². The van der Waals surface area contributed by atoms with Crippen molar-refractivity contribution in [2.24, 2.45) is 5.73 Å². The number of rotatable bonds is 6. The molecule has 104 valence electrons. The number of carbonyl (C=O) groups excluding carboxylic acids is 1. The zero-order chi connectivity index (χ0) is 14.5. The van der Waals surface area contributed by atoms with Crippen molar-refractivity contribution in [1.82, 2.24) is 5.32 Å². The summed E-state index contributed by atoms with van der Waals surface area (Å²) in [5.41, 5.74) is 5.99. The van der Waals surface area contributed by atoms with Crippen LogP contribution in [-0.4, -0.2) is 28.6 Å². The molecule has 5 nitrogen and oxygen atoms in total. The number of carboxylic acid groups (broad SMARTS) is 1. The molecule has 0 saturated carbocycles. The summed E-state index contributed by atoms with van der Waals surface area (Å²) in [5, 5.41) is 11.4. The third-order valence-corrected chi connectivity index (χ3v) is 2.69. The highest BCUT2D eigenvalue weighted by molar-refractivity contribution is 5.83. The molecule has 1 aromatic rings. The number of hydrogen-bond acceptors (Lipinski definition) is 3. The number of carboxylic acids is 1. The lowest BCUT2D eigenvalue weighted by Gasteiger charge is -2.26. The molecule has 0 aliphatic rings. The molecule has 0 heterocycles. The summed E-state index contributed by atoms with van der Waals surface area (Å²) in [6, 6.07) is 8.77. The van der Waals surface area contributed by atoms with Crippen LogP contribution in [0.4, 0.5) is 0 Å². The second-order valence-corrected chi connectivity index (χ2v) is 5.24. The summed E-state index contributed by atoms with van der Waals surface area (Å²) < 4.78 is 0. The molecule has 0 radical (unpaired) electrons. The van der Waals surface area contributed by atoms with Gasteiger partial charge in [0.25, 0.3) is 0 Å². The van der Waals surface area contributed by atoms with Crippen molar-refractivity contribution in [3.8, 4) is 0 Å². The zero-order valence-corrected chi connectivity index (χ0v) is 11.2. The molecule has 0 aliphatic carbocycles. The first kappa shape index (κ1) is 15.2. The summed E-state index contributed by atoms with van der Waals surface area (Å²) in [4.78, 5) is 22.6. The van der Waals surface area contributed by atoms with Crippen LogP contribution < -0.4 is 11.1 Å². The Morgan fingerprint density at radius 2 is 1.89 bits per heavy atom. The molecule has 1 aromatic carbocycles. The van der Waals surface area contributed by atoms with Crippen molar-refractivity contribution in [3.63, 3.8) is 0 Å². The van der Waals surface area contributed by atoms with Gasteiger partial charge < -0.3 is 16.2 Å². The quantitative estimate of drug-likeness (QED) is 0.712. The second-order valence-electron chi connectivity index (χ2n) is 5.24. The Balaban J connectivity index is 2.56. The van der Waals surface area contributed by atoms with Crippen LogP contribution in [0.2, 0.25) is 0 Å². The summed E-state index contributed by atoms with van der Waals surface area (Å²) in [6.07, 6.45) is 0.284. The standard InChI is InChI=1S/C14H20N2O3/c1-14(2,9-12(17)18)16-13(19)11(15)8-10-6-4-3-5-7-10/h3-7,11H,8-9,15H2,1-2H3,(H,16,19)(H,17,18)/t11-/m0/s1. The lowest BCUT2D eigenvalue weighted by Crippen LogP contribution is -2.52. The summed E-state index contributed by atoms with van der Waals surface area (Å²) >= 11 is 0. The van der Waals surface area contributed by atoms with Gasteiger partial charge in [-0.15, -0.1) is 0 Å². The van der Waals surface area contributed by atoms with Crippen LogP contribution in [0.1, 0.15) is 25.8 Å². The van der Waals surface area contributed by atoms with Crippen LogP contribution in [0.5, 0.6) is 0 Å². The van der Waals surface area contributed by atoms with Gasteiger partial charge in [0, 0.05) is 5.54 Å². The van der Waals surface area contributed by atoms with Crippen molar-refractivity contribution >= 4 is 11.9 Å². The lowest BCUT2D eigenvalue weighted by molar-refractivity contribution is -0.138. The van der Waals surface area contributed by atoms with E-state index in [-0.39, 0.29) is 12.3 Å². The number of amides is 1. The number of nitrogens with one attached hydrogen (secondary N) is 1. The lowest BCUT2D eigenvalue weighted by atomic mass is 9.99. The molecule has 0 unspecified atom stereocenters. The van der Waals surface area contributed by atoms with Gasteiger partial charge in [0.05, 0.1) is 12.5 Å². The van der Waals surface area contributed by atoms with E-state index < -0.39 is 17.6 Å². The van der Waals surface area contributed by atoms with Gasteiger partial charge in [0.15, 0.2) is 0 Å². The Hall–Kier alpha value is -1.88. The average Bonchev–Trinajstić information content (AvgIpc) is 2.27. The van der Waals surface area contributed by atoms with Crippen LogP contribution in [0.3, 0.4) is 0 Å². The summed E-state index contributed by atoms with van der Waals surface area (Å²) in [7, 11) is 0. The van der Waals surface area contributed by atoms with Gasteiger partial charge >= 0.3 is 5.97 Å². The minimum absolute atomic E-state index is 0.142. The molecule has 1 atom stereocenters. The summed E-state index contributed by atoms with van der Waals surface area (Å²) in [6.45, 7) is 3.32. The first-order valence-electron chi connectivity index (χ1n) is 6.13. The highest BCUT2D eigenvalue weighted by atomic mass is 16.4. The Kier molecular flexibility index (Phi) is 5.06. The first-order chi connectivity index (χ1) is 8.80. The van der Waals surface area contributed by atoms with Crippen LogP contribution in [0.15, 0.2) is 30.3 Å². The predicted molar refractivity (Wildman–Crippen MR) is 72.6 cm³/mol. The molecule has 1 amide bonds. The topological polar surface area (TPSA) is 92.4 Å². The summed E-state index contributed by atoms with van der Waals surface area (Å²) in [5.74, 6) is -1.29. The van der Waals surface area contributed by atoms with E-state index in [4.69, 9.17) is 10.8 Å². The van der Waals surface area contributed by atoms with E-state index in [0.29, 0.717) is 6.42 Å². The number of carbonyl (C=O) groups is 2. The van der Waals surface area contributed by atoms with Crippen molar-refractivity contribution in [1.29, 1.82) is 0 Å². The zero-order valence-electron chi connectivity index (χ0n) is 11.2. The molecule has 0 bridgehead atoms. The van der Waals surface area contributed by atoms with Gasteiger partial charge in [-0.1, -0.05) is 30.3 Å². The largest absolute Gasteiger partial charge is 0.481 e. The van der Waals surface area contributed by atoms with E-state index in [9.17, 15) is 9.59 Å². The number of nitrogens with two attached hydrogens (primary N) is 1. The van der Waals surface area contributed by atoms with Gasteiger partial charge in [-0.3, -0.25) is 9.59 Å². The van der Waals surface area contributed by atoms with Crippen molar-refractivity contribution in [3.05, 3.63) is 35.9 Å².